The average Bonchev–Trinajstić information content (AvgIpc) is 2.62. The lowest BCUT2D eigenvalue weighted by molar-refractivity contribution is 0.306. The van der Waals surface area contributed by atoms with Crippen LogP contribution in [-0.4, -0.2) is 6.04 Å². The Balaban J connectivity index is 0.000000845. The van der Waals surface area contributed by atoms with E-state index in [9.17, 15) is 4.39 Å². The minimum absolute atomic E-state index is 0. The van der Waals surface area contributed by atoms with Crippen molar-refractivity contribution in [3.8, 4) is 0 Å². The molecule has 1 aliphatic rings. The fourth-order valence-corrected chi connectivity index (χ4v) is 1.42. The SMILES string of the molecule is Cc1ccc([C@@]2(F)C[C@H]2N)cc1.Cl. The normalized spacial score (nSPS) is 30.8. The Hall–Kier alpha value is -0.600. The molecular weight excluding hydrogens is 189 g/mol. The molecule has 0 radical (unpaired) electrons. The molecule has 3 heteroatoms. The summed E-state index contributed by atoms with van der Waals surface area (Å²) in [7, 11) is 0. The summed E-state index contributed by atoms with van der Waals surface area (Å²) in [4.78, 5) is 0. The van der Waals surface area contributed by atoms with Crippen molar-refractivity contribution in [2.45, 2.75) is 25.1 Å². The van der Waals surface area contributed by atoms with E-state index in [0.29, 0.717) is 6.42 Å². The van der Waals surface area contributed by atoms with E-state index in [1.807, 2.05) is 31.2 Å². The van der Waals surface area contributed by atoms with E-state index in [1.165, 1.54) is 0 Å². The van der Waals surface area contributed by atoms with Gasteiger partial charge in [0, 0.05) is 12.5 Å². The zero-order valence-electron chi connectivity index (χ0n) is 7.46. The zero-order valence-corrected chi connectivity index (χ0v) is 8.27. The van der Waals surface area contributed by atoms with E-state index in [2.05, 4.69) is 0 Å². The Labute approximate surface area is 83.5 Å². The standard InChI is InChI=1S/C10H12FN.ClH/c1-7-2-4-8(5-3-7)10(11)6-9(10)12;/h2-5,9H,6,12H2,1H3;1H/t9-,10+;/m1./s1. The summed E-state index contributed by atoms with van der Waals surface area (Å²) in [6.45, 7) is 1.99. The molecule has 0 bridgehead atoms. The van der Waals surface area contributed by atoms with Gasteiger partial charge in [0.05, 0.1) is 0 Å². The molecule has 0 aromatic heterocycles. The summed E-state index contributed by atoms with van der Waals surface area (Å²) in [6, 6.07) is 7.19. The van der Waals surface area contributed by atoms with Crippen LogP contribution in [0.2, 0.25) is 0 Å². The Kier molecular flexibility index (Phi) is 2.64. The van der Waals surface area contributed by atoms with E-state index in [4.69, 9.17) is 5.73 Å². The number of hydrogen-bond donors (Lipinski definition) is 1. The fourth-order valence-electron chi connectivity index (χ4n) is 1.42. The second-order valence-corrected chi connectivity index (χ2v) is 3.54. The van der Waals surface area contributed by atoms with Crippen LogP contribution in [0.3, 0.4) is 0 Å². The number of rotatable bonds is 1. The Morgan fingerprint density at radius 3 is 2.23 bits per heavy atom. The highest BCUT2D eigenvalue weighted by Gasteiger charge is 2.54. The summed E-state index contributed by atoms with van der Waals surface area (Å²) < 4.78 is 13.6. The van der Waals surface area contributed by atoms with Crippen LogP contribution in [0, 0.1) is 6.92 Å². The summed E-state index contributed by atoms with van der Waals surface area (Å²) >= 11 is 0. The molecule has 1 saturated carbocycles. The van der Waals surface area contributed by atoms with Crippen LogP contribution in [0.15, 0.2) is 24.3 Å². The molecule has 2 atom stereocenters. The van der Waals surface area contributed by atoms with E-state index in [-0.39, 0.29) is 18.4 Å². The van der Waals surface area contributed by atoms with Crippen molar-refractivity contribution in [1.82, 2.24) is 0 Å². The highest BCUT2D eigenvalue weighted by molar-refractivity contribution is 5.85. The first-order valence-electron chi connectivity index (χ1n) is 4.14. The van der Waals surface area contributed by atoms with Gasteiger partial charge >= 0.3 is 0 Å². The average molecular weight is 202 g/mol. The topological polar surface area (TPSA) is 26.0 Å². The van der Waals surface area contributed by atoms with Gasteiger partial charge in [-0.25, -0.2) is 4.39 Å². The lowest BCUT2D eigenvalue weighted by Gasteiger charge is -2.05. The smallest absolute Gasteiger partial charge is 0.152 e. The van der Waals surface area contributed by atoms with Crippen LogP contribution < -0.4 is 5.73 Å². The maximum Gasteiger partial charge on any atom is 0.152 e. The maximum absolute atomic E-state index is 13.6. The van der Waals surface area contributed by atoms with Gasteiger partial charge in [0.2, 0.25) is 0 Å². The maximum atomic E-state index is 13.6. The lowest BCUT2D eigenvalue weighted by atomic mass is 10.1. The molecule has 2 N–H and O–H groups in total. The largest absolute Gasteiger partial charge is 0.325 e. The molecule has 0 amide bonds. The van der Waals surface area contributed by atoms with Crippen molar-refractivity contribution in [3.05, 3.63) is 35.4 Å². The molecule has 1 fully saturated rings. The summed E-state index contributed by atoms with van der Waals surface area (Å²) in [6.07, 6.45) is 0.468. The van der Waals surface area contributed by atoms with E-state index in [1.54, 1.807) is 0 Å². The summed E-state index contributed by atoms with van der Waals surface area (Å²) in [5, 5.41) is 0. The predicted molar refractivity (Wildman–Crippen MR) is 53.8 cm³/mol. The van der Waals surface area contributed by atoms with Crippen LogP contribution in [0.25, 0.3) is 0 Å². The third-order valence-corrected chi connectivity index (χ3v) is 2.48. The second-order valence-electron chi connectivity index (χ2n) is 3.54. The van der Waals surface area contributed by atoms with Gasteiger partial charge in [-0.1, -0.05) is 29.8 Å². The van der Waals surface area contributed by atoms with Crippen LogP contribution in [0.5, 0.6) is 0 Å². The molecular formula is C10H13ClFN. The molecule has 0 heterocycles. The van der Waals surface area contributed by atoms with Crippen molar-refractivity contribution in [3.63, 3.8) is 0 Å². The molecule has 0 spiro atoms. The van der Waals surface area contributed by atoms with Crippen LogP contribution in [0.1, 0.15) is 17.5 Å². The van der Waals surface area contributed by atoms with E-state index in [0.717, 1.165) is 11.1 Å². The highest BCUT2D eigenvalue weighted by Crippen LogP contribution is 2.48. The van der Waals surface area contributed by atoms with Crippen molar-refractivity contribution in [1.29, 1.82) is 0 Å². The molecule has 0 saturated heterocycles. The number of halogens is 2. The van der Waals surface area contributed by atoms with Gasteiger partial charge in [-0.3, -0.25) is 0 Å². The monoisotopic (exact) mass is 201 g/mol. The summed E-state index contributed by atoms with van der Waals surface area (Å²) in [5.74, 6) is 0. The number of nitrogens with two attached hydrogens (primary N) is 1. The zero-order chi connectivity index (χ0) is 8.77. The number of benzene rings is 1. The van der Waals surface area contributed by atoms with Gasteiger partial charge < -0.3 is 5.73 Å². The summed E-state index contributed by atoms with van der Waals surface area (Å²) in [5.41, 5.74) is 6.14. The van der Waals surface area contributed by atoms with Gasteiger partial charge in [-0.15, -0.1) is 12.4 Å². The van der Waals surface area contributed by atoms with Crippen molar-refractivity contribution in [2.75, 3.05) is 0 Å². The number of hydrogen-bond acceptors (Lipinski definition) is 1. The Morgan fingerprint density at radius 1 is 1.38 bits per heavy atom. The minimum Gasteiger partial charge on any atom is -0.325 e. The fraction of sp³-hybridized carbons (Fsp3) is 0.400. The second kappa shape index (κ2) is 3.28. The predicted octanol–water partition coefficient (Wildman–Crippen LogP) is 2.31. The highest BCUT2D eigenvalue weighted by atomic mass is 35.5. The lowest BCUT2D eigenvalue weighted by Crippen LogP contribution is -2.12. The molecule has 72 valence electrons. The van der Waals surface area contributed by atoms with Gasteiger partial charge in [-0.2, -0.15) is 0 Å². The van der Waals surface area contributed by atoms with Crippen LogP contribution in [0.4, 0.5) is 4.39 Å². The third-order valence-electron chi connectivity index (χ3n) is 2.48. The number of alkyl halides is 1. The van der Waals surface area contributed by atoms with Gasteiger partial charge in [0.1, 0.15) is 0 Å². The first-order valence-corrected chi connectivity index (χ1v) is 4.14. The Bertz CT molecular complexity index is 298. The first kappa shape index (κ1) is 10.5. The minimum atomic E-state index is -1.23. The molecule has 1 aromatic rings. The van der Waals surface area contributed by atoms with E-state index >= 15 is 0 Å². The van der Waals surface area contributed by atoms with Gasteiger partial charge in [-0.05, 0) is 12.5 Å². The van der Waals surface area contributed by atoms with Gasteiger partial charge in [0.25, 0.3) is 0 Å². The quantitative estimate of drug-likeness (QED) is 0.742. The molecule has 13 heavy (non-hydrogen) atoms. The molecule has 1 aromatic carbocycles. The van der Waals surface area contributed by atoms with Crippen molar-refractivity contribution >= 4 is 12.4 Å². The van der Waals surface area contributed by atoms with E-state index < -0.39 is 5.67 Å². The molecule has 0 aliphatic heterocycles. The van der Waals surface area contributed by atoms with Gasteiger partial charge in [0.15, 0.2) is 5.67 Å². The van der Waals surface area contributed by atoms with Crippen LogP contribution >= 0.6 is 12.4 Å². The molecule has 0 unspecified atom stereocenters. The van der Waals surface area contributed by atoms with Crippen molar-refractivity contribution < 1.29 is 4.39 Å². The van der Waals surface area contributed by atoms with Crippen molar-refractivity contribution in [2.24, 2.45) is 5.73 Å². The molecule has 1 aliphatic carbocycles. The Morgan fingerprint density at radius 2 is 1.85 bits per heavy atom. The third kappa shape index (κ3) is 1.69. The molecule has 1 nitrogen and oxygen atoms in total. The molecule has 2 rings (SSSR count). The number of aryl methyl sites for hydroxylation is 1. The van der Waals surface area contributed by atoms with Crippen LogP contribution in [-0.2, 0) is 5.67 Å². The first-order chi connectivity index (χ1) is 5.63.